The smallest absolute Gasteiger partial charge is 0.245 e. The molecule has 17 heavy (non-hydrogen) atoms. The van der Waals surface area contributed by atoms with Crippen molar-refractivity contribution >= 4 is 11.8 Å². The van der Waals surface area contributed by atoms with Gasteiger partial charge in [-0.1, -0.05) is 19.1 Å². The third-order valence-electron chi connectivity index (χ3n) is 2.24. The van der Waals surface area contributed by atoms with Crippen molar-refractivity contribution in [3.05, 3.63) is 25.3 Å². The Morgan fingerprint density at radius 2 is 1.82 bits per heavy atom. The summed E-state index contributed by atoms with van der Waals surface area (Å²) < 4.78 is 0. The van der Waals surface area contributed by atoms with Crippen LogP contribution in [0.3, 0.4) is 0 Å². The van der Waals surface area contributed by atoms with Gasteiger partial charge < -0.3 is 10.2 Å². The molecular weight excluding hydrogens is 216 g/mol. The van der Waals surface area contributed by atoms with Gasteiger partial charge in [-0.05, 0) is 13.3 Å². The van der Waals surface area contributed by atoms with Crippen LogP contribution in [-0.4, -0.2) is 35.8 Å². The number of nitrogens with one attached hydrogen (secondary N) is 1. The zero-order valence-electron chi connectivity index (χ0n) is 10.7. The average molecular weight is 238 g/mol. The van der Waals surface area contributed by atoms with Gasteiger partial charge in [-0.15, -0.1) is 13.2 Å². The van der Waals surface area contributed by atoms with Crippen LogP contribution >= 0.6 is 0 Å². The Bertz CT molecular complexity index is 277. The molecule has 4 heteroatoms. The average Bonchev–Trinajstić information content (AvgIpc) is 2.28. The van der Waals surface area contributed by atoms with Crippen molar-refractivity contribution in [3.63, 3.8) is 0 Å². The first kappa shape index (κ1) is 15.4. The van der Waals surface area contributed by atoms with Gasteiger partial charge in [0.1, 0.15) is 6.04 Å². The van der Waals surface area contributed by atoms with E-state index in [2.05, 4.69) is 18.5 Å². The van der Waals surface area contributed by atoms with E-state index in [0.29, 0.717) is 19.5 Å². The van der Waals surface area contributed by atoms with Gasteiger partial charge in [-0.3, -0.25) is 9.59 Å². The summed E-state index contributed by atoms with van der Waals surface area (Å²) in [5.41, 5.74) is 0. The highest BCUT2D eigenvalue weighted by molar-refractivity contribution is 5.87. The fourth-order valence-electron chi connectivity index (χ4n) is 1.44. The predicted molar refractivity (Wildman–Crippen MR) is 69.5 cm³/mol. The Hall–Kier alpha value is -1.58. The summed E-state index contributed by atoms with van der Waals surface area (Å²) in [5.74, 6) is -0.209. The van der Waals surface area contributed by atoms with E-state index >= 15 is 0 Å². The molecule has 0 spiro atoms. The quantitative estimate of drug-likeness (QED) is 0.651. The molecule has 0 saturated carbocycles. The molecule has 2 amide bonds. The predicted octanol–water partition coefficient (Wildman–Crippen LogP) is 1.49. The number of nitrogens with zero attached hydrogens (tertiary/aromatic N) is 1. The van der Waals surface area contributed by atoms with Crippen molar-refractivity contribution in [2.24, 2.45) is 0 Å². The molecule has 1 N–H and O–H groups in total. The third kappa shape index (κ3) is 5.90. The molecule has 0 aromatic rings. The van der Waals surface area contributed by atoms with Gasteiger partial charge in [0.15, 0.2) is 0 Å². The number of carbonyl (C=O) groups is 2. The van der Waals surface area contributed by atoms with E-state index < -0.39 is 6.04 Å². The highest BCUT2D eigenvalue weighted by atomic mass is 16.2. The van der Waals surface area contributed by atoms with E-state index in [9.17, 15) is 9.59 Å². The Morgan fingerprint density at radius 1 is 1.29 bits per heavy atom. The van der Waals surface area contributed by atoms with E-state index in [-0.39, 0.29) is 11.8 Å². The molecule has 0 aliphatic carbocycles. The summed E-state index contributed by atoms with van der Waals surface area (Å²) in [4.78, 5) is 24.9. The fraction of sp³-hybridized carbons (Fsp3) is 0.538. The number of hydrogen-bond donors (Lipinski definition) is 1. The van der Waals surface area contributed by atoms with E-state index in [1.165, 1.54) is 0 Å². The summed E-state index contributed by atoms with van der Waals surface area (Å²) in [6.45, 7) is 11.7. The van der Waals surface area contributed by atoms with Crippen LogP contribution in [0.15, 0.2) is 25.3 Å². The van der Waals surface area contributed by atoms with Crippen molar-refractivity contribution in [1.29, 1.82) is 0 Å². The number of hydrogen-bond acceptors (Lipinski definition) is 2. The molecule has 0 radical (unpaired) electrons. The summed E-state index contributed by atoms with van der Waals surface area (Å²) in [6.07, 6.45) is 4.53. The summed E-state index contributed by atoms with van der Waals surface area (Å²) in [6, 6.07) is -0.506. The molecule has 0 fully saturated rings. The molecular formula is C13H22N2O2. The number of rotatable bonds is 8. The van der Waals surface area contributed by atoms with E-state index in [1.54, 1.807) is 24.0 Å². The first-order valence-electron chi connectivity index (χ1n) is 5.86. The van der Waals surface area contributed by atoms with E-state index in [0.717, 1.165) is 6.42 Å². The Morgan fingerprint density at radius 3 is 2.24 bits per heavy atom. The largest absolute Gasteiger partial charge is 0.345 e. The van der Waals surface area contributed by atoms with Crippen LogP contribution in [-0.2, 0) is 9.59 Å². The normalized spacial score (nSPS) is 11.4. The number of carbonyl (C=O) groups excluding carboxylic acids is 2. The topological polar surface area (TPSA) is 49.4 Å². The van der Waals surface area contributed by atoms with Crippen LogP contribution < -0.4 is 5.32 Å². The lowest BCUT2D eigenvalue weighted by Gasteiger charge is -2.23. The molecule has 0 aliphatic heterocycles. The molecule has 4 nitrogen and oxygen atoms in total. The fourth-order valence-corrected chi connectivity index (χ4v) is 1.44. The van der Waals surface area contributed by atoms with Gasteiger partial charge in [0, 0.05) is 19.5 Å². The molecule has 1 atom stereocenters. The minimum atomic E-state index is -0.506. The highest BCUT2D eigenvalue weighted by Crippen LogP contribution is 1.97. The van der Waals surface area contributed by atoms with Gasteiger partial charge in [0.25, 0.3) is 0 Å². The molecule has 0 aromatic carbocycles. The SMILES string of the molecule is C=CCN(CC=C)C(=O)C(C)NC(=O)CCC. The maximum absolute atomic E-state index is 12.0. The molecule has 0 rings (SSSR count). The molecule has 0 saturated heterocycles. The highest BCUT2D eigenvalue weighted by Gasteiger charge is 2.19. The van der Waals surface area contributed by atoms with Gasteiger partial charge in [0.2, 0.25) is 11.8 Å². The second kappa shape index (κ2) is 8.56. The van der Waals surface area contributed by atoms with Crippen molar-refractivity contribution < 1.29 is 9.59 Å². The zero-order chi connectivity index (χ0) is 13.3. The van der Waals surface area contributed by atoms with Gasteiger partial charge in [0.05, 0.1) is 0 Å². The van der Waals surface area contributed by atoms with Crippen molar-refractivity contribution in [1.82, 2.24) is 10.2 Å². The third-order valence-corrected chi connectivity index (χ3v) is 2.24. The van der Waals surface area contributed by atoms with Crippen LogP contribution in [0, 0.1) is 0 Å². The maximum atomic E-state index is 12.0. The first-order chi connectivity index (χ1) is 8.06. The molecule has 96 valence electrons. The first-order valence-corrected chi connectivity index (χ1v) is 5.86. The lowest BCUT2D eigenvalue weighted by Crippen LogP contribution is -2.47. The van der Waals surface area contributed by atoms with Crippen LogP contribution in [0.4, 0.5) is 0 Å². The van der Waals surface area contributed by atoms with Crippen LogP contribution in [0.2, 0.25) is 0 Å². The molecule has 0 bridgehead atoms. The zero-order valence-corrected chi connectivity index (χ0v) is 10.7. The minimum absolute atomic E-state index is 0.0921. The minimum Gasteiger partial charge on any atom is -0.345 e. The monoisotopic (exact) mass is 238 g/mol. The van der Waals surface area contributed by atoms with Crippen molar-refractivity contribution in [3.8, 4) is 0 Å². The summed E-state index contributed by atoms with van der Waals surface area (Å²) >= 11 is 0. The summed E-state index contributed by atoms with van der Waals surface area (Å²) in [7, 11) is 0. The van der Waals surface area contributed by atoms with Gasteiger partial charge in [-0.2, -0.15) is 0 Å². The summed E-state index contributed by atoms with van der Waals surface area (Å²) in [5, 5.41) is 2.68. The standard InChI is InChI=1S/C13H22N2O2/c1-5-8-12(16)14-11(4)13(17)15(9-6-2)10-7-3/h6-7,11H,2-3,5,8-10H2,1,4H3,(H,14,16). The van der Waals surface area contributed by atoms with E-state index in [1.807, 2.05) is 6.92 Å². The molecule has 0 aliphatic rings. The Balaban J connectivity index is 4.37. The molecule has 0 aromatic heterocycles. The Labute approximate surface area is 103 Å². The molecule has 0 heterocycles. The molecule has 1 unspecified atom stereocenters. The van der Waals surface area contributed by atoms with Crippen molar-refractivity contribution in [2.45, 2.75) is 32.7 Å². The second-order valence-electron chi connectivity index (χ2n) is 3.86. The van der Waals surface area contributed by atoms with Crippen LogP contribution in [0.1, 0.15) is 26.7 Å². The van der Waals surface area contributed by atoms with Crippen LogP contribution in [0.5, 0.6) is 0 Å². The number of amides is 2. The van der Waals surface area contributed by atoms with Crippen LogP contribution in [0.25, 0.3) is 0 Å². The van der Waals surface area contributed by atoms with Gasteiger partial charge in [-0.25, -0.2) is 0 Å². The van der Waals surface area contributed by atoms with E-state index in [4.69, 9.17) is 0 Å². The second-order valence-corrected chi connectivity index (χ2v) is 3.86. The lowest BCUT2D eigenvalue weighted by molar-refractivity contribution is -0.135. The Kier molecular flexibility index (Phi) is 7.76. The van der Waals surface area contributed by atoms with Gasteiger partial charge >= 0.3 is 0 Å². The lowest BCUT2D eigenvalue weighted by atomic mass is 10.2. The maximum Gasteiger partial charge on any atom is 0.245 e. The van der Waals surface area contributed by atoms with Crippen molar-refractivity contribution in [2.75, 3.05) is 13.1 Å².